The molecular formula is C23H27N3O6. The number of nitrogens with one attached hydrogen (secondary N) is 2. The largest absolute Gasteiger partial charge is 0.493 e. The number of benzene rings is 2. The minimum atomic E-state index is -0.379. The zero-order valence-electron chi connectivity index (χ0n) is 18.1. The van der Waals surface area contributed by atoms with Crippen molar-refractivity contribution < 1.29 is 28.5 Å². The average Bonchev–Trinajstić information content (AvgIpc) is 3.35. The molecule has 9 nitrogen and oxygen atoms in total. The predicted molar refractivity (Wildman–Crippen MR) is 119 cm³/mol. The summed E-state index contributed by atoms with van der Waals surface area (Å²) in [7, 11) is 3.03. The average molecular weight is 441 g/mol. The molecule has 0 aromatic heterocycles. The van der Waals surface area contributed by atoms with Gasteiger partial charge >= 0.3 is 0 Å². The maximum atomic E-state index is 12.3. The van der Waals surface area contributed by atoms with E-state index in [1.165, 1.54) is 20.4 Å². The third kappa shape index (κ3) is 6.71. The summed E-state index contributed by atoms with van der Waals surface area (Å²) in [5, 5.41) is 6.78. The van der Waals surface area contributed by atoms with E-state index in [9.17, 15) is 9.59 Å². The van der Waals surface area contributed by atoms with Gasteiger partial charge in [-0.3, -0.25) is 9.59 Å². The lowest BCUT2D eigenvalue weighted by molar-refractivity contribution is -0.123. The Morgan fingerprint density at radius 3 is 2.59 bits per heavy atom. The van der Waals surface area contributed by atoms with Crippen LogP contribution in [0, 0.1) is 0 Å². The number of ether oxygens (including phenoxy) is 4. The summed E-state index contributed by atoms with van der Waals surface area (Å²) in [6.07, 6.45) is 3.62. The number of nitrogens with zero attached hydrogens (tertiary/aromatic N) is 1. The minimum absolute atomic E-state index is 0.0679. The quantitative estimate of drug-likeness (QED) is 0.432. The normalized spacial score (nSPS) is 15.4. The van der Waals surface area contributed by atoms with Crippen LogP contribution in [0.25, 0.3) is 0 Å². The van der Waals surface area contributed by atoms with Gasteiger partial charge < -0.3 is 24.3 Å². The van der Waals surface area contributed by atoms with E-state index < -0.39 is 0 Å². The Kier molecular flexibility index (Phi) is 8.44. The van der Waals surface area contributed by atoms with Gasteiger partial charge in [-0.25, -0.2) is 5.43 Å². The summed E-state index contributed by atoms with van der Waals surface area (Å²) in [6, 6.07) is 11.8. The molecule has 1 aliphatic heterocycles. The number of carbonyl (C=O) groups excluding carboxylic acids is 2. The lowest BCUT2D eigenvalue weighted by Gasteiger charge is -2.11. The summed E-state index contributed by atoms with van der Waals surface area (Å²) in [6.45, 7) is 1.20. The third-order valence-corrected chi connectivity index (χ3v) is 4.83. The van der Waals surface area contributed by atoms with E-state index in [4.69, 9.17) is 18.9 Å². The molecule has 0 aliphatic carbocycles. The monoisotopic (exact) mass is 441 g/mol. The number of hydrazone groups is 1. The molecule has 2 aromatic carbocycles. The number of methoxy groups -OCH3 is 2. The number of hydrogen-bond donors (Lipinski definition) is 2. The van der Waals surface area contributed by atoms with Crippen molar-refractivity contribution in [2.45, 2.75) is 18.9 Å². The smallest absolute Gasteiger partial charge is 0.271 e. The molecule has 0 saturated carbocycles. The Morgan fingerprint density at radius 1 is 1.12 bits per heavy atom. The zero-order valence-corrected chi connectivity index (χ0v) is 18.1. The summed E-state index contributed by atoms with van der Waals surface area (Å²) in [4.78, 5) is 24.1. The Bertz CT molecular complexity index is 939. The van der Waals surface area contributed by atoms with Crippen LogP contribution in [0.4, 0.5) is 0 Å². The molecule has 2 N–H and O–H groups in total. The van der Waals surface area contributed by atoms with Crippen LogP contribution in [0.3, 0.4) is 0 Å². The standard InChI is InChI=1S/C23H27N3O6/c1-29-20-10-7-17(12-21(20)30-2)23(28)26-25-13-16-5-8-18(9-6-16)32-15-22(27)24-14-19-4-3-11-31-19/h5-10,12-13,19H,3-4,11,14-15H2,1-2H3,(H,24,27)(H,26,28)/b25-13+/t19-/m0/s1. The summed E-state index contributed by atoms with van der Waals surface area (Å²) in [5.74, 6) is 0.986. The predicted octanol–water partition coefficient (Wildman–Crippen LogP) is 2.14. The summed E-state index contributed by atoms with van der Waals surface area (Å²) < 4.78 is 21.3. The fourth-order valence-corrected chi connectivity index (χ4v) is 3.09. The molecule has 1 heterocycles. The van der Waals surface area contributed by atoms with Gasteiger partial charge in [0.25, 0.3) is 11.8 Å². The topological polar surface area (TPSA) is 107 Å². The second-order valence-electron chi connectivity index (χ2n) is 7.07. The van der Waals surface area contributed by atoms with Crippen LogP contribution >= 0.6 is 0 Å². The van der Waals surface area contributed by atoms with E-state index >= 15 is 0 Å². The van der Waals surface area contributed by atoms with E-state index in [0.717, 1.165) is 25.0 Å². The molecule has 1 fully saturated rings. The Morgan fingerprint density at radius 2 is 1.91 bits per heavy atom. The molecule has 1 saturated heterocycles. The fourth-order valence-electron chi connectivity index (χ4n) is 3.09. The van der Waals surface area contributed by atoms with Gasteiger partial charge in [0.2, 0.25) is 0 Å². The molecule has 0 bridgehead atoms. The Balaban J connectivity index is 1.43. The number of hydrogen-bond acceptors (Lipinski definition) is 7. The molecule has 0 radical (unpaired) electrons. The van der Waals surface area contributed by atoms with Gasteiger partial charge in [0, 0.05) is 18.7 Å². The van der Waals surface area contributed by atoms with Crippen LogP contribution in [0.2, 0.25) is 0 Å². The van der Waals surface area contributed by atoms with Gasteiger partial charge in [-0.05, 0) is 60.9 Å². The van der Waals surface area contributed by atoms with Crippen molar-refractivity contribution in [2.24, 2.45) is 5.10 Å². The minimum Gasteiger partial charge on any atom is -0.493 e. The van der Waals surface area contributed by atoms with Crippen molar-refractivity contribution >= 4 is 18.0 Å². The van der Waals surface area contributed by atoms with E-state index in [1.807, 2.05) is 0 Å². The molecule has 2 aromatic rings. The maximum Gasteiger partial charge on any atom is 0.271 e. The highest BCUT2D eigenvalue weighted by molar-refractivity contribution is 5.95. The van der Waals surface area contributed by atoms with Crippen molar-refractivity contribution in [3.05, 3.63) is 53.6 Å². The molecule has 2 amide bonds. The SMILES string of the molecule is COc1ccc(C(=O)N/N=C/c2ccc(OCC(=O)NC[C@@H]3CCCO3)cc2)cc1OC. The third-order valence-electron chi connectivity index (χ3n) is 4.83. The van der Waals surface area contributed by atoms with Gasteiger partial charge in [0.15, 0.2) is 18.1 Å². The summed E-state index contributed by atoms with van der Waals surface area (Å²) in [5.41, 5.74) is 3.62. The maximum absolute atomic E-state index is 12.3. The Hall–Kier alpha value is -3.59. The highest BCUT2D eigenvalue weighted by Gasteiger charge is 2.16. The van der Waals surface area contributed by atoms with Gasteiger partial charge in [-0.15, -0.1) is 0 Å². The van der Waals surface area contributed by atoms with Gasteiger partial charge in [-0.1, -0.05) is 0 Å². The number of rotatable bonds is 10. The number of carbonyl (C=O) groups is 2. The van der Waals surface area contributed by atoms with E-state index in [-0.39, 0.29) is 24.5 Å². The van der Waals surface area contributed by atoms with Crippen molar-refractivity contribution in [3.8, 4) is 17.2 Å². The Labute approximate surface area is 186 Å². The second kappa shape index (κ2) is 11.7. The molecule has 9 heteroatoms. The number of amides is 2. The molecule has 0 spiro atoms. The first-order valence-electron chi connectivity index (χ1n) is 10.3. The van der Waals surface area contributed by atoms with Crippen LogP contribution in [0.15, 0.2) is 47.6 Å². The molecule has 3 rings (SSSR count). The molecular weight excluding hydrogens is 414 g/mol. The molecule has 1 aliphatic rings. The van der Waals surface area contributed by atoms with Crippen molar-refractivity contribution in [2.75, 3.05) is 34.0 Å². The first-order chi connectivity index (χ1) is 15.6. The van der Waals surface area contributed by atoms with Crippen LogP contribution in [-0.2, 0) is 9.53 Å². The van der Waals surface area contributed by atoms with E-state index in [2.05, 4.69) is 15.8 Å². The first kappa shape index (κ1) is 23.1. The van der Waals surface area contributed by atoms with Crippen LogP contribution < -0.4 is 25.0 Å². The van der Waals surface area contributed by atoms with E-state index in [1.54, 1.807) is 42.5 Å². The fraction of sp³-hybridized carbons (Fsp3) is 0.348. The lowest BCUT2D eigenvalue weighted by Crippen LogP contribution is -2.35. The molecule has 0 unspecified atom stereocenters. The van der Waals surface area contributed by atoms with Crippen LogP contribution in [0.1, 0.15) is 28.8 Å². The van der Waals surface area contributed by atoms with Crippen molar-refractivity contribution in [1.82, 2.24) is 10.7 Å². The molecule has 170 valence electrons. The van der Waals surface area contributed by atoms with Crippen molar-refractivity contribution in [3.63, 3.8) is 0 Å². The van der Waals surface area contributed by atoms with Crippen LogP contribution in [0.5, 0.6) is 17.2 Å². The highest BCUT2D eigenvalue weighted by Crippen LogP contribution is 2.27. The highest BCUT2D eigenvalue weighted by atomic mass is 16.5. The van der Waals surface area contributed by atoms with Gasteiger partial charge in [0.1, 0.15) is 5.75 Å². The van der Waals surface area contributed by atoms with Gasteiger partial charge in [0.05, 0.1) is 26.5 Å². The van der Waals surface area contributed by atoms with Crippen molar-refractivity contribution in [1.29, 1.82) is 0 Å². The van der Waals surface area contributed by atoms with Gasteiger partial charge in [-0.2, -0.15) is 5.10 Å². The lowest BCUT2D eigenvalue weighted by atomic mass is 10.2. The van der Waals surface area contributed by atoms with Crippen LogP contribution in [-0.4, -0.2) is 58.1 Å². The second-order valence-corrected chi connectivity index (χ2v) is 7.07. The van der Waals surface area contributed by atoms with E-state index in [0.29, 0.717) is 29.4 Å². The zero-order chi connectivity index (χ0) is 22.8. The molecule has 1 atom stereocenters. The summed E-state index contributed by atoms with van der Waals surface area (Å²) >= 11 is 0. The molecule has 32 heavy (non-hydrogen) atoms. The first-order valence-corrected chi connectivity index (χ1v) is 10.3.